The predicted octanol–water partition coefficient (Wildman–Crippen LogP) is 3.09. The summed E-state index contributed by atoms with van der Waals surface area (Å²) in [7, 11) is 0. The van der Waals surface area contributed by atoms with Crippen LogP contribution in [0.25, 0.3) is 27.7 Å². The number of pyridine rings is 2. The average molecular weight is 485 g/mol. The summed E-state index contributed by atoms with van der Waals surface area (Å²) in [5.74, 6) is -1.55. The quantitative estimate of drug-likeness (QED) is 0.431. The van der Waals surface area contributed by atoms with Crippen LogP contribution in [0.3, 0.4) is 0 Å². The molecule has 8 nitrogen and oxygen atoms in total. The molecule has 178 valence electrons. The van der Waals surface area contributed by atoms with Gasteiger partial charge in [0.25, 0.3) is 11.5 Å². The number of carbonyl (C=O) groups is 1. The van der Waals surface area contributed by atoms with E-state index in [-0.39, 0.29) is 21.9 Å². The minimum atomic E-state index is -5.18. The van der Waals surface area contributed by atoms with E-state index in [2.05, 4.69) is 15.1 Å². The molecular formula is C20H13F6N5O3. The van der Waals surface area contributed by atoms with Crippen LogP contribution in [-0.2, 0) is 12.4 Å². The highest BCUT2D eigenvalue weighted by Gasteiger charge is 2.43. The fourth-order valence-corrected chi connectivity index (χ4v) is 3.41. The van der Waals surface area contributed by atoms with Crippen molar-refractivity contribution in [1.29, 1.82) is 0 Å². The first-order valence-electron chi connectivity index (χ1n) is 9.04. The normalized spacial score (nSPS) is 11.9. The fourth-order valence-electron chi connectivity index (χ4n) is 3.41. The van der Waals surface area contributed by atoms with Crippen molar-refractivity contribution >= 4 is 16.7 Å². The van der Waals surface area contributed by atoms with Crippen molar-refractivity contribution in [3.8, 4) is 16.9 Å². The Labute approximate surface area is 185 Å². The smallest absolute Gasteiger partial charge is 0.412 e. The second kappa shape index (κ2) is 8.30. The number of fused-ring (bicyclic) bond motifs is 1. The first-order chi connectivity index (χ1) is 15.4. The fraction of sp³-hybridized carbons (Fsp3) is 0.100. The predicted molar refractivity (Wildman–Crippen MR) is 107 cm³/mol. The minimum absolute atomic E-state index is 0. The van der Waals surface area contributed by atoms with Crippen molar-refractivity contribution < 1.29 is 36.6 Å². The van der Waals surface area contributed by atoms with Crippen molar-refractivity contribution in [3.63, 3.8) is 0 Å². The van der Waals surface area contributed by atoms with Gasteiger partial charge in [0.15, 0.2) is 5.69 Å². The van der Waals surface area contributed by atoms with Crippen molar-refractivity contribution in [3.05, 3.63) is 76.1 Å². The molecule has 14 heteroatoms. The zero-order chi connectivity index (χ0) is 24.1. The van der Waals surface area contributed by atoms with Gasteiger partial charge in [-0.1, -0.05) is 6.07 Å². The summed E-state index contributed by atoms with van der Waals surface area (Å²) in [5, 5.41) is 3.92. The molecule has 0 atom stereocenters. The Balaban J connectivity index is 0.00000324. The summed E-state index contributed by atoms with van der Waals surface area (Å²) < 4.78 is 82.0. The van der Waals surface area contributed by atoms with E-state index in [4.69, 9.17) is 5.73 Å². The molecule has 3 heterocycles. The zero-order valence-corrected chi connectivity index (χ0v) is 16.6. The summed E-state index contributed by atoms with van der Waals surface area (Å²) in [6, 6.07) is 6.64. The van der Waals surface area contributed by atoms with Gasteiger partial charge in [-0.2, -0.15) is 31.4 Å². The molecule has 0 spiro atoms. The van der Waals surface area contributed by atoms with Crippen LogP contribution < -0.4 is 11.3 Å². The van der Waals surface area contributed by atoms with Gasteiger partial charge in [-0.15, -0.1) is 0 Å². The van der Waals surface area contributed by atoms with Crippen LogP contribution in [0, 0.1) is 0 Å². The molecule has 1 aromatic carbocycles. The number of rotatable bonds is 3. The van der Waals surface area contributed by atoms with Gasteiger partial charge in [-0.25, -0.2) is 4.68 Å². The number of amides is 1. The van der Waals surface area contributed by atoms with Crippen molar-refractivity contribution in [2.45, 2.75) is 12.4 Å². The van der Waals surface area contributed by atoms with Crippen LogP contribution in [0.4, 0.5) is 26.3 Å². The number of H-pyrrole nitrogens is 1. The maximum absolute atomic E-state index is 14.1. The molecule has 0 bridgehead atoms. The maximum Gasteiger partial charge on any atom is 0.434 e. The lowest BCUT2D eigenvalue weighted by Crippen LogP contribution is -2.21. The minimum Gasteiger partial charge on any atom is -0.412 e. The SMILES string of the molecule is NC(=O)c1c(-c2ccnc(C(F)(F)F)c2)nn(-c2cccc3c(=O)[nH]ccc23)c1C(F)(F)F.O. The lowest BCUT2D eigenvalue weighted by Gasteiger charge is -2.13. The van der Waals surface area contributed by atoms with Gasteiger partial charge in [0.1, 0.15) is 11.4 Å². The molecule has 0 radical (unpaired) electrons. The van der Waals surface area contributed by atoms with E-state index in [0.717, 1.165) is 12.3 Å². The lowest BCUT2D eigenvalue weighted by atomic mass is 10.0. The van der Waals surface area contributed by atoms with Crippen LogP contribution >= 0.6 is 0 Å². The van der Waals surface area contributed by atoms with E-state index in [1.54, 1.807) is 0 Å². The van der Waals surface area contributed by atoms with Crippen LogP contribution in [-0.4, -0.2) is 31.1 Å². The van der Waals surface area contributed by atoms with E-state index >= 15 is 0 Å². The molecule has 34 heavy (non-hydrogen) atoms. The second-order valence-corrected chi connectivity index (χ2v) is 6.82. The van der Waals surface area contributed by atoms with E-state index < -0.39 is 52.0 Å². The Hall–Kier alpha value is -4.20. The molecule has 0 fully saturated rings. The van der Waals surface area contributed by atoms with E-state index in [1.807, 2.05) is 0 Å². The number of aromatic nitrogens is 4. The van der Waals surface area contributed by atoms with Gasteiger partial charge in [0.2, 0.25) is 0 Å². The van der Waals surface area contributed by atoms with Gasteiger partial charge in [-0.3, -0.25) is 14.6 Å². The molecular weight excluding hydrogens is 472 g/mol. The molecule has 5 N–H and O–H groups in total. The Kier molecular flexibility index (Phi) is 5.96. The molecule has 0 unspecified atom stereocenters. The van der Waals surface area contributed by atoms with Crippen LogP contribution in [0.2, 0.25) is 0 Å². The van der Waals surface area contributed by atoms with E-state index in [0.29, 0.717) is 10.7 Å². The number of carbonyl (C=O) groups excluding carboxylic acids is 1. The highest BCUT2D eigenvalue weighted by atomic mass is 19.4. The monoisotopic (exact) mass is 485 g/mol. The van der Waals surface area contributed by atoms with Crippen LogP contribution in [0.1, 0.15) is 21.7 Å². The highest BCUT2D eigenvalue weighted by Crippen LogP contribution is 2.40. The van der Waals surface area contributed by atoms with Gasteiger partial charge in [0.05, 0.1) is 11.3 Å². The molecule has 4 aromatic rings. The molecule has 3 aromatic heterocycles. The molecule has 4 rings (SSSR count). The molecule has 0 aliphatic heterocycles. The second-order valence-electron chi connectivity index (χ2n) is 6.82. The van der Waals surface area contributed by atoms with E-state index in [1.165, 1.54) is 30.5 Å². The van der Waals surface area contributed by atoms with Crippen molar-refractivity contribution in [2.75, 3.05) is 0 Å². The number of hydrogen-bond donors (Lipinski definition) is 2. The topological polar surface area (TPSA) is 138 Å². The van der Waals surface area contributed by atoms with Crippen LogP contribution in [0.5, 0.6) is 0 Å². The number of alkyl halides is 6. The number of nitrogens with one attached hydrogen (secondary N) is 1. The van der Waals surface area contributed by atoms with Gasteiger partial charge in [-0.05, 0) is 30.3 Å². The van der Waals surface area contributed by atoms with Gasteiger partial charge >= 0.3 is 12.4 Å². The number of nitrogens with two attached hydrogens (primary N) is 1. The van der Waals surface area contributed by atoms with Gasteiger partial charge in [0, 0.05) is 28.7 Å². The van der Waals surface area contributed by atoms with E-state index in [9.17, 15) is 35.9 Å². The third-order valence-electron chi connectivity index (χ3n) is 4.74. The molecule has 0 saturated heterocycles. The Morgan fingerprint density at radius 2 is 1.71 bits per heavy atom. The van der Waals surface area contributed by atoms with Crippen LogP contribution in [0.15, 0.2) is 53.6 Å². The standard InChI is InChI=1S/C20H11F6N5O2.H2O/c21-19(22,23)13-8-9(4-6-28-13)15-14(17(27)32)16(20(24,25)26)31(30-15)12-3-1-2-11-10(12)5-7-29-18(11)33;/h1-8H,(H2,27,32)(H,29,33);1H2. The summed E-state index contributed by atoms with van der Waals surface area (Å²) in [6.45, 7) is 0. The number of hydrogen-bond acceptors (Lipinski definition) is 4. The number of halogens is 6. The summed E-state index contributed by atoms with van der Waals surface area (Å²) in [4.78, 5) is 29.7. The molecule has 1 amide bonds. The molecule has 0 saturated carbocycles. The first kappa shape index (κ1) is 24.4. The van der Waals surface area contributed by atoms with Crippen molar-refractivity contribution in [1.82, 2.24) is 19.7 Å². The Bertz CT molecular complexity index is 1460. The highest BCUT2D eigenvalue weighted by molar-refractivity contribution is 6.01. The lowest BCUT2D eigenvalue weighted by molar-refractivity contribution is -0.143. The summed E-state index contributed by atoms with van der Waals surface area (Å²) >= 11 is 0. The number of primary amides is 1. The van der Waals surface area contributed by atoms with Crippen molar-refractivity contribution in [2.24, 2.45) is 5.73 Å². The molecule has 0 aliphatic rings. The first-order valence-corrected chi connectivity index (χ1v) is 9.04. The third-order valence-corrected chi connectivity index (χ3v) is 4.74. The number of benzene rings is 1. The zero-order valence-electron chi connectivity index (χ0n) is 16.6. The van der Waals surface area contributed by atoms with Gasteiger partial charge < -0.3 is 16.2 Å². The summed E-state index contributed by atoms with van der Waals surface area (Å²) in [6.07, 6.45) is -8.14. The molecule has 0 aliphatic carbocycles. The average Bonchev–Trinajstić information content (AvgIpc) is 3.15. The Morgan fingerprint density at radius 3 is 2.32 bits per heavy atom. The maximum atomic E-state index is 14.1. The third kappa shape index (κ3) is 4.10. The Morgan fingerprint density at radius 1 is 1.00 bits per heavy atom. The number of aromatic amines is 1. The number of nitrogens with zero attached hydrogens (tertiary/aromatic N) is 3. The summed E-state index contributed by atoms with van der Waals surface area (Å²) in [5.41, 5.74) is -0.882. The largest absolute Gasteiger partial charge is 0.434 e.